The van der Waals surface area contributed by atoms with Gasteiger partial charge >= 0.3 is 0 Å². The van der Waals surface area contributed by atoms with Crippen LogP contribution in [0.4, 0.5) is 5.00 Å². The van der Waals surface area contributed by atoms with Gasteiger partial charge in [0, 0.05) is 26.6 Å². The number of rotatable bonds is 10. The van der Waals surface area contributed by atoms with Crippen molar-refractivity contribution in [2.24, 2.45) is 4.99 Å². The van der Waals surface area contributed by atoms with Crippen LogP contribution >= 0.6 is 11.3 Å². The van der Waals surface area contributed by atoms with Crippen LogP contribution in [0.15, 0.2) is 29.3 Å². The van der Waals surface area contributed by atoms with E-state index in [2.05, 4.69) is 24.0 Å². The van der Waals surface area contributed by atoms with Gasteiger partial charge in [-0.05, 0) is 42.9 Å². The van der Waals surface area contributed by atoms with Crippen LogP contribution < -0.4 is 4.90 Å². The van der Waals surface area contributed by atoms with Crippen molar-refractivity contribution in [2.45, 2.75) is 65.6 Å². The normalized spacial score (nSPS) is 16.9. The number of carbonyl (C=O) groups is 2. The second kappa shape index (κ2) is 12.1. The Hall–Kier alpha value is -2.55. The van der Waals surface area contributed by atoms with Crippen molar-refractivity contribution in [3.8, 4) is 0 Å². The maximum atomic E-state index is 13.1. The Kier molecular flexibility index (Phi) is 8.93. The van der Waals surface area contributed by atoms with Crippen LogP contribution in [-0.4, -0.2) is 56.6 Å². The van der Waals surface area contributed by atoms with Crippen LogP contribution in [0.25, 0.3) is 0 Å². The van der Waals surface area contributed by atoms with E-state index in [-0.39, 0.29) is 23.9 Å². The molecule has 2 aliphatic rings. The number of hydrogen-bond acceptors (Lipinski definition) is 7. The smallest absolute Gasteiger partial charge is 0.227 e. The number of nitrogens with zero attached hydrogens (tertiary/aromatic N) is 2. The number of ketones is 1. The molecule has 1 aromatic carbocycles. The van der Waals surface area contributed by atoms with E-state index in [1.807, 2.05) is 26.0 Å². The zero-order valence-corrected chi connectivity index (χ0v) is 22.5. The molecule has 0 spiro atoms. The molecule has 7 nitrogen and oxygen atoms in total. The number of aliphatic imine (C=N–C) groups is 1. The van der Waals surface area contributed by atoms with Crippen molar-refractivity contribution >= 4 is 33.9 Å². The number of benzene rings is 1. The number of Topliss-reactive ketones (excluding diaryl/α,β-unsaturated/α-hetero) is 1. The molecular formula is C28H36N2O5S. The van der Waals surface area contributed by atoms with Crippen LogP contribution in [0, 0.1) is 6.92 Å². The standard InChI is InChI=1S/C28H36N2O5S/c1-5-20-9-7-8-10-22(20)24(35-21-11-14-33-15-12-21)17-30(19(4)31)28-25(23(32)6-2)18(3)26(36-28)27-29-13-16-34-27/h7-10,21,24H,5-6,11-17H2,1-4H3/t24-/m0/s1. The van der Waals surface area contributed by atoms with Gasteiger partial charge in [-0.3, -0.25) is 9.59 Å². The SMILES string of the molecule is CCC(=O)c1c(N(C[C@H](OC2CCOCC2)c2ccccc2CC)C(C)=O)sc(C2=NCCO2)c1C. The minimum atomic E-state index is -0.330. The summed E-state index contributed by atoms with van der Waals surface area (Å²) >= 11 is 1.41. The molecular weight excluding hydrogens is 476 g/mol. The Morgan fingerprint density at radius 2 is 1.94 bits per heavy atom. The van der Waals surface area contributed by atoms with Crippen molar-refractivity contribution in [3.63, 3.8) is 0 Å². The van der Waals surface area contributed by atoms with E-state index in [4.69, 9.17) is 14.2 Å². The van der Waals surface area contributed by atoms with Gasteiger partial charge in [0.15, 0.2) is 5.78 Å². The summed E-state index contributed by atoms with van der Waals surface area (Å²) in [5.74, 6) is 0.436. The van der Waals surface area contributed by atoms with Crippen LogP contribution in [0.1, 0.15) is 78.1 Å². The fraction of sp³-hybridized carbons (Fsp3) is 0.536. The number of aryl methyl sites for hydroxylation is 1. The average molecular weight is 513 g/mol. The summed E-state index contributed by atoms with van der Waals surface area (Å²) in [7, 11) is 0. The van der Waals surface area contributed by atoms with E-state index < -0.39 is 0 Å². The highest BCUT2D eigenvalue weighted by molar-refractivity contribution is 7.18. The van der Waals surface area contributed by atoms with Crippen molar-refractivity contribution < 1.29 is 23.8 Å². The highest BCUT2D eigenvalue weighted by Gasteiger charge is 2.32. The van der Waals surface area contributed by atoms with E-state index in [0.717, 1.165) is 35.3 Å². The molecule has 0 unspecified atom stereocenters. The first-order chi connectivity index (χ1) is 17.4. The third-order valence-corrected chi connectivity index (χ3v) is 8.09. The van der Waals surface area contributed by atoms with Crippen LogP contribution in [-0.2, 0) is 25.4 Å². The summed E-state index contributed by atoms with van der Waals surface area (Å²) in [5.41, 5.74) is 3.68. The summed E-state index contributed by atoms with van der Waals surface area (Å²) in [5, 5.41) is 0.648. The first-order valence-electron chi connectivity index (χ1n) is 12.9. The van der Waals surface area contributed by atoms with Crippen molar-refractivity contribution in [3.05, 3.63) is 51.4 Å². The highest BCUT2D eigenvalue weighted by atomic mass is 32.1. The minimum Gasteiger partial charge on any atom is -0.475 e. The van der Waals surface area contributed by atoms with E-state index in [1.54, 1.807) is 11.8 Å². The molecule has 1 amide bonds. The van der Waals surface area contributed by atoms with E-state index >= 15 is 0 Å². The summed E-state index contributed by atoms with van der Waals surface area (Å²) < 4.78 is 18.0. The average Bonchev–Trinajstić information content (AvgIpc) is 3.54. The number of amides is 1. The molecule has 0 bridgehead atoms. The maximum absolute atomic E-state index is 13.1. The summed E-state index contributed by atoms with van der Waals surface area (Å²) in [6.07, 6.45) is 2.59. The van der Waals surface area contributed by atoms with E-state index in [9.17, 15) is 9.59 Å². The summed E-state index contributed by atoms with van der Waals surface area (Å²) in [6.45, 7) is 10.2. The fourth-order valence-electron chi connectivity index (χ4n) is 4.82. The second-order valence-electron chi connectivity index (χ2n) is 9.17. The number of anilines is 1. The quantitative estimate of drug-likeness (QED) is 0.405. The van der Waals surface area contributed by atoms with Gasteiger partial charge in [-0.15, -0.1) is 11.3 Å². The number of carbonyl (C=O) groups excluding carboxylic acids is 2. The first kappa shape index (κ1) is 26.5. The maximum Gasteiger partial charge on any atom is 0.227 e. The molecule has 0 saturated carbocycles. The predicted octanol–water partition coefficient (Wildman–Crippen LogP) is 5.28. The molecule has 0 N–H and O–H groups in total. The molecule has 4 rings (SSSR count). The van der Waals surface area contributed by atoms with Crippen molar-refractivity contribution in [1.82, 2.24) is 0 Å². The Morgan fingerprint density at radius 1 is 1.19 bits per heavy atom. The molecule has 1 saturated heterocycles. The Morgan fingerprint density at radius 3 is 2.58 bits per heavy atom. The predicted molar refractivity (Wildman–Crippen MR) is 143 cm³/mol. The lowest BCUT2D eigenvalue weighted by Gasteiger charge is -2.32. The summed E-state index contributed by atoms with van der Waals surface area (Å²) in [6, 6.07) is 8.25. The molecule has 2 aromatic rings. The zero-order chi connectivity index (χ0) is 25.7. The van der Waals surface area contributed by atoms with Gasteiger partial charge in [-0.2, -0.15) is 0 Å². The molecule has 36 heavy (non-hydrogen) atoms. The largest absolute Gasteiger partial charge is 0.475 e. The van der Waals surface area contributed by atoms with E-state index in [0.29, 0.717) is 55.8 Å². The van der Waals surface area contributed by atoms with Crippen molar-refractivity contribution in [2.75, 3.05) is 37.8 Å². The molecule has 1 fully saturated rings. The van der Waals surface area contributed by atoms with Crippen LogP contribution in [0.3, 0.4) is 0 Å². The number of thiophene rings is 1. The number of hydrogen-bond donors (Lipinski definition) is 0. The molecule has 194 valence electrons. The van der Waals surface area contributed by atoms with Gasteiger partial charge in [0.05, 0.1) is 29.6 Å². The van der Waals surface area contributed by atoms with Crippen LogP contribution in [0.2, 0.25) is 0 Å². The Labute approximate surface area is 217 Å². The molecule has 3 heterocycles. The lowest BCUT2D eigenvalue weighted by atomic mass is 9.99. The highest BCUT2D eigenvalue weighted by Crippen LogP contribution is 2.40. The second-order valence-corrected chi connectivity index (χ2v) is 10.2. The Balaban J connectivity index is 1.76. The molecule has 0 radical (unpaired) electrons. The van der Waals surface area contributed by atoms with Crippen molar-refractivity contribution in [1.29, 1.82) is 0 Å². The molecule has 8 heteroatoms. The van der Waals surface area contributed by atoms with Gasteiger partial charge in [0.25, 0.3) is 0 Å². The summed E-state index contributed by atoms with van der Waals surface area (Å²) in [4.78, 5) is 33.3. The third kappa shape index (κ3) is 5.71. The van der Waals surface area contributed by atoms with Gasteiger partial charge in [-0.1, -0.05) is 38.1 Å². The Bertz CT molecular complexity index is 1120. The van der Waals surface area contributed by atoms with Gasteiger partial charge in [-0.25, -0.2) is 4.99 Å². The molecule has 1 aromatic heterocycles. The topological polar surface area (TPSA) is 77.4 Å². The molecule has 2 aliphatic heterocycles. The lowest BCUT2D eigenvalue weighted by molar-refractivity contribution is -0.117. The minimum absolute atomic E-state index is 0.00528. The lowest BCUT2D eigenvalue weighted by Crippen LogP contribution is -2.36. The van der Waals surface area contributed by atoms with Crippen LogP contribution in [0.5, 0.6) is 0 Å². The van der Waals surface area contributed by atoms with Gasteiger partial charge in [0.1, 0.15) is 17.7 Å². The first-order valence-corrected chi connectivity index (χ1v) is 13.7. The zero-order valence-electron chi connectivity index (χ0n) is 21.7. The van der Waals surface area contributed by atoms with E-state index in [1.165, 1.54) is 16.9 Å². The molecule has 0 aliphatic carbocycles. The fourth-order valence-corrected chi connectivity index (χ4v) is 6.16. The number of ether oxygens (including phenoxy) is 3. The molecule has 1 atom stereocenters. The van der Waals surface area contributed by atoms with Gasteiger partial charge in [0.2, 0.25) is 11.8 Å². The monoisotopic (exact) mass is 512 g/mol. The third-order valence-electron chi connectivity index (χ3n) is 6.79. The van der Waals surface area contributed by atoms with Gasteiger partial charge < -0.3 is 19.1 Å².